The first-order chi connectivity index (χ1) is 8.36. The molecule has 2 rings (SSSR count). The largest absolute Gasteiger partial charge is 0.444 e. The fraction of sp³-hybridized carbons (Fsp3) is 0.333. The molecular formula is C12H13BrN2O2S. The molecule has 0 aromatic carbocycles. The number of furan rings is 1. The number of rotatable bonds is 2. The molecule has 0 bridgehead atoms. The zero-order valence-corrected chi connectivity index (χ0v) is 12.7. The average Bonchev–Trinajstić information content (AvgIpc) is 2.85. The predicted octanol–water partition coefficient (Wildman–Crippen LogP) is 4.05. The van der Waals surface area contributed by atoms with Crippen molar-refractivity contribution in [3.63, 3.8) is 0 Å². The summed E-state index contributed by atoms with van der Waals surface area (Å²) in [6, 6.07) is 3.29. The molecule has 2 heterocycles. The molecule has 0 aliphatic rings. The van der Waals surface area contributed by atoms with E-state index in [1.165, 1.54) is 11.3 Å². The van der Waals surface area contributed by atoms with E-state index in [-0.39, 0.29) is 17.1 Å². The summed E-state index contributed by atoms with van der Waals surface area (Å²) in [7, 11) is 0. The van der Waals surface area contributed by atoms with Crippen molar-refractivity contribution in [2.45, 2.75) is 26.2 Å². The normalized spacial score (nSPS) is 11.6. The maximum Gasteiger partial charge on any atom is 0.293 e. The third-order valence-corrected chi connectivity index (χ3v) is 3.47. The molecule has 18 heavy (non-hydrogen) atoms. The smallest absolute Gasteiger partial charge is 0.293 e. The highest BCUT2D eigenvalue weighted by Gasteiger charge is 2.19. The van der Waals surface area contributed by atoms with Gasteiger partial charge in [0.15, 0.2) is 15.6 Å². The first-order valence-electron chi connectivity index (χ1n) is 5.39. The van der Waals surface area contributed by atoms with Gasteiger partial charge in [-0.05, 0) is 28.1 Å². The van der Waals surface area contributed by atoms with Crippen LogP contribution in [0.1, 0.15) is 37.0 Å². The number of thiazole rings is 1. The second kappa shape index (κ2) is 4.85. The average molecular weight is 329 g/mol. The SMILES string of the molecule is CC(C)(C)c1csc(NC(=O)c2ccc(Br)o2)n1. The molecule has 0 radical (unpaired) electrons. The van der Waals surface area contributed by atoms with Crippen molar-refractivity contribution in [1.82, 2.24) is 4.98 Å². The second-order valence-electron chi connectivity index (χ2n) is 4.85. The van der Waals surface area contributed by atoms with Crippen LogP contribution in [0, 0.1) is 0 Å². The van der Waals surface area contributed by atoms with Gasteiger partial charge < -0.3 is 4.42 Å². The van der Waals surface area contributed by atoms with E-state index in [4.69, 9.17) is 4.42 Å². The minimum Gasteiger partial charge on any atom is -0.444 e. The minimum absolute atomic E-state index is 0.0206. The van der Waals surface area contributed by atoms with E-state index in [1.54, 1.807) is 12.1 Å². The molecule has 6 heteroatoms. The minimum atomic E-state index is -0.296. The van der Waals surface area contributed by atoms with E-state index in [1.807, 2.05) is 5.38 Å². The topological polar surface area (TPSA) is 55.1 Å². The Bertz CT molecular complexity index is 569. The summed E-state index contributed by atoms with van der Waals surface area (Å²) in [4.78, 5) is 16.2. The molecule has 4 nitrogen and oxygen atoms in total. The maximum atomic E-state index is 11.8. The van der Waals surface area contributed by atoms with Gasteiger partial charge in [-0.3, -0.25) is 10.1 Å². The monoisotopic (exact) mass is 328 g/mol. The Labute approximate surface area is 118 Å². The van der Waals surface area contributed by atoms with E-state index >= 15 is 0 Å². The Hall–Kier alpha value is -1.14. The predicted molar refractivity (Wildman–Crippen MR) is 75.2 cm³/mol. The van der Waals surface area contributed by atoms with E-state index < -0.39 is 0 Å². The standard InChI is InChI=1S/C12H13BrN2O2S/c1-12(2,3)8-6-18-11(14-8)15-10(16)7-4-5-9(13)17-7/h4-6H,1-3H3,(H,14,15,16). The van der Waals surface area contributed by atoms with Crippen molar-refractivity contribution in [2.24, 2.45) is 0 Å². The first-order valence-corrected chi connectivity index (χ1v) is 7.06. The fourth-order valence-electron chi connectivity index (χ4n) is 1.27. The summed E-state index contributed by atoms with van der Waals surface area (Å²) < 4.78 is 5.70. The Morgan fingerprint density at radius 3 is 2.67 bits per heavy atom. The first kappa shape index (κ1) is 13.3. The van der Waals surface area contributed by atoms with Crippen LogP contribution in [0.3, 0.4) is 0 Å². The van der Waals surface area contributed by atoms with Crippen molar-refractivity contribution >= 4 is 38.3 Å². The number of halogens is 1. The van der Waals surface area contributed by atoms with Crippen molar-refractivity contribution in [2.75, 3.05) is 5.32 Å². The highest BCUT2D eigenvalue weighted by atomic mass is 79.9. The quantitative estimate of drug-likeness (QED) is 0.904. The summed E-state index contributed by atoms with van der Waals surface area (Å²) in [6.45, 7) is 6.24. The van der Waals surface area contributed by atoms with Crippen LogP contribution in [-0.4, -0.2) is 10.9 Å². The summed E-state index contributed by atoms with van der Waals surface area (Å²) >= 11 is 4.57. The number of hydrogen-bond acceptors (Lipinski definition) is 4. The summed E-state index contributed by atoms with van der Waals surface area (Å²) in [6.07, 6.45) is 0. The third-order valence-electron chi connectivity index (χ3n) is 2.29. The molecule has 0 atom stereocenters. The molecule has 96 valence electrons. The van der Waals surface area contributed by atoms with Gasteiger partial charge in [0.1, 0.15) is 0 Å². The number of anilines is 1. The van der Waals surface area contributed by atoms with Gasteiger partial charge in [-0.25, -0.2) is 4.98 Å². The molecule has 0 fully saturated rings. The summed E-state index contributed by atoms with van der Waals surface area (Å²) in [5.74, 6) is -0.0371. The lowest BCUT2D eigenvalue weighted by molar-refractivity contribution is 0.0995. The Morgan fingerprint density at radius 2 is 2.17 bits per heavy atom. The van der Waals surface area contributed by atoms with Crippen molar-refractivity contribution < 1.29 is 9.21 Å². The van der Waals surface area contributed by atoms with E-state index in [9.17, 15) is 4.79 Å². The Morgan fingerprint density at radius 1 is 1.44 bits per heavy atom. The van der Waals surface area contributed by atoms with Crippen molar-refractivity contribution in [3.8, 4) is 0 Å². The maximum absolute atomic E-state index is 11.8. The van der Waals surface area contributed by atoms with Crippen molar-refractivity contribution in [1.29, 1.82) is 0 Å². The fourth-order valence-corrected chi connectivity index (χ4v) is 2.51. The van der Waals surface area contributed by atoms with Crippen LogP contribution in [0.25, 0.3) is 0 Å². The highest BCUT2D eigenvalue weighted by Crippen LogP contribution is 2.26. The highest BCUT2D eigenvalue weighted by molar-refractivity contribution is 9.10. The lowest BCUT2D eigenvalue weighted by atomic mass is 9.93. The zero-order valence-electron chi connectivity index (χ0n) is 10.3. The molecule has 0 saturated heterocycles. The van der Waals surface area contributed by atoms with Gasteiger partial charge in [0.25, 0.3) is 5.91 Å². The van der Waals surface area contributed by atoms with Crippen LogP contribution in [-0.2, 0) is 5.41 Å². The number of nitrogens with zero attached hydrogens (tertiary/aromatic N) is 1. The number of aromatic nitrogens is 1. The van der Waals surface area contributed by atoms with Gasteiger partial charge in [0.2, 0.25) is 0 Å². The van der Waals surface area contributed by atoms with E-state index in [2.05, 4.69) is 47.0 Å². The Kier molecular flexibility index (Phi) is 3.59. The van der Waals surface area contributed by atoms with Gasteiger partial charge in [0, 0.05) is 10.8 Å². The summed E-state index contributed by atoms with van der Waals surface area (Å²) in [5.41, 5.74) is 0.941. The molecule has 0 unspecified atom stereocenters. The number of nitrogens with one attached hydrogen (secondary N) is 1. The second-order valence-corrected chi connectivity index (χ2v) is 6.49. The number of carbonyl (C=O) groups is 1. The van der Waals surface area contributed by atoms with Gasteiger partial charge in [-0.1, -0.05) is 20.8 Å². The van der Waals surface area contributed by atoms with E-state index in [0.717, 1.165) is 5.69 Å². The van der Waals surface area contributed by atoms with Gasteiger partial charge in [-0.2, -0.15) is 0 Å². The molecular weight excluding hydrogens is 316 g/mol. The van der Waals surface area contributed by atoms with Crippen LogP contribution < -0.4 is 5.32 Å². The van der Waals surface area contributed by atoms with E-state index in [0.29, 0.717) is 9.80 Å². The lowest BCUT2D eigenvalue weighted by Crippen LogP contribution is -2.13. The van der Waals surface area contributed by atoms with Gasteiger partial charge >= 0.3 is 0 Å². The Balaban J connectivity index is 2.10. The lowest BCUT2D eigenvalue weighted by Gasteiger charge is -2.14. The van der Waals surface area contributed by atoms with Gasteiger partial charge in [0.05, 0.1) is 5.69 Å². The molecule has 0 aliphatic carbocycles. The zero-order chi connectivity index (χ0) is 13.3. The van der Waals surface area contributed by atoms with Crippen LogP contribution in [0.15, 0.2) is 26.6 Å². The van der Waals surface area contributed by atoms with Crippen LogP contribution >= 0.6 is 27.3 Å². The number of amides is 1. The molecule has 2 aromatic rings. The molecule has 1 amide bonds. The molecule has 0 spiro atoms. The number of carbonyl (C=O) groups excluding carboxylic acids is 1. The third kappa shape index (κ3) is 3.00. The van der Waals surface area contributed by atoms with Crippen molar-refractivity contribution in [3.05, 3.63) is 33.6 Å². The van der Waals surface area contributed by atoms with Crippen LogP contribution in [0.4, 0.5) is 5.13 Å². The number of hydrogen-bond donors (Lipinski definition) is 1. The van der Waals surface area contributed by atoms with Crippen LogP contribution in [0.5, 0.6) is 0 Å². The molecule has 2 aromatic heterocycles. The molecule has 0 saturated carbocycles. The molecule has 0 aliphatic heterocycles. The summed E-state index contributed by atoms with van der Waals surface area (Å²) in [5, 5.41) is 5.25. The van der Waals surface area contributed by atoms with Gasteiger partial charge in [-0.15, -0.1) is 11.3 Å². The molecule has 1 N–H and O–H groups in total. The van der Waals surface area contributed by atoms with Crippen LogP contribution in [0.2, 0.25) is 0 Å².